The van der Waals surface area contributed by atoms with Gasteiger partial charge in [-0.3, -0.25) is 9.59 Å². The third-order valence-corrected chi connectivity index (χ3v) is 1.66. The van der Waals surface area contributed by atoms with E-state index in [2.05, 4.69) is 6.92 Å². The molecule has 4 nitrogen and oxygen atoms in total. The zero-order valence-electron chi connectivity index (χ0n) is 6.91. The Hall–Kier alpha value is -1.84. The van der Waals surface area contributed by atoms with E-state index < -0.39 is 11.8 Å². The molecule has 4 N–H and O–H groups in total. The van der Waals surface area contributed by atoms with E-state index in [4.69, 9.17) is 11.5 Å². The average Bonchev–Trinajstić information content (AvgIpc) is 2.03. The first-order chi connectivity index (χ1) is 6.02. The van der Waals surface area contributed by atoms with Gasteiger partial charge >= 0.3 is 0 Å². The minimum absolute atomic E-state index is 0.296. The second kappa shape index (κ2) is 3.26. The standard InChI is InChI=1S/C9H9N2O2/c1-5-4-6(8(10)12)2-3-7(5)9(11)13/h2-4H,1H2,(H2,10,12)(H2,11,13). The molecule has 0 atom stereocenters. The SMILES string of the molecule is [CH2]c1cc(C(N)=O)ccc1C(N)=O. The van der Waals surface area contributed by atoms with Gasteiger partial charge in [-0.15, -0.1) is 0 Å². The number of primary amides is 2. The van der Waals surface area contributed by atoms with E-state index in [1.165, 1.54) is 18.2 Å². The van der Waals surface area contributed by atoms with E-state index >= 15 is 0 Å². The van der Waals surface area contributed by atoms with Gasteiger partial charge < -0.3 is 11.5 Å². The fraction of sp³-hybridized carbons (Fsp3) is 0. The van der Waals surface area contributed by atoms with Crippen LogP contribution in [0.25, 0.3) is 0 Å². The molecule has 0 aromatic heterocycles. The van der Waals surface area contributed by atoms with Crippen molar-refractivity contribution in [2.45, 2.75) is 0 Å². The number of carbonyl (C=O) groups is 2. The Morgan fingerprint density at radius 1 is 1.15 bits per heavy atom. The molecule has 2 amide bonds. The summed E-state index contributed by atoms with van der Waals surface area (Å²) in [7, 11) is 0. The van der Waals surface area contributed by atoms with E-state index in [9.17, 15) is 9.59 Å². The van der Waals surface area contributed by atoms with E-state index in [1.807, 2.05) is 0 Å². The molecule has 0 saturated heterocycles. The number of hydrogen-bond acceptors (Lipinski definition) is 2. The molecule has 4 heteroatoms. The number of hydrogen-bond donors (Lipinski definition) is 2. The van der Waals surface area contributed by atoms with E-state index in [0.29, 0.717) is 16.7 Å². The van der Waals surface area contributed by atoms with Gasteiger partial charge in [0.05, 0.1) is 0 Å². The van der Waals surface area contributed by atoms with Crippen LogP contribution in [0.3, 0.4) is 0 Å². The first-order valence-corrected chi connectivity index (χ1v) is 3.58. The quantitative estimate of drug-likeness (QED) is 0.669. The lowest BCUT2D eigenvalue weighted by atomic mass is 10.0. The predicted molar refractivity (Wildman–Crippen MR) is 47.9 cm³/mol. The third kappa shape index (κ3) is 1.84. The van der Waals surface area contributed by atoms with Crippen molar-refractivity contribution in [2.75, 3.05) is 0 Å². The van der Waals surface area contributed by atoms with Gasteiger partial charge in [0.2, 0.25) is 11.8 Å². The van der Waals surface area contributed by atoms with Crippen molar-refractivity contribution in [3.8, 4) is 0 Å². The van der Waals surface area contributed by atoms with E-state index in [-0.39, 0.29) is 0 Å². The molecule has 0 saturated carbocycles. The molecular formula is C9H9N2O2. The van der Waals surface area contributed by atoms with Crippen LogP contribution in [0.4, 0.5) is 0 Å². The van der Waals surface area contributed by atoms with Crippen LogP contribution in [0, 0.1) is 6.92 Å². The summed E-state index contributed by atoms with van der Waals surface area (Å²) in [6.07, 6.45) is 0. The highest BCUT2D eigenvalue weighted by molar-refractivity contribution is 5.98. The van der Waals surface area contributed by atoms with Gasteiger partial charge in [-0.25, -0.2) is 0 Å². The lowest BCUT2D eigenvalue weighted by Gasteiger charge is -2.02. The summed E-state index contributed by atoms with van der Waals surface area (Å²) < 4.78 is 0. The molecule has 1 aromatic carbocycles. The van der Waals surface area contributed by atoms with Crippen LogP contribution >= 0.6 is 0 Å². The Kier molecular flexibility index (Phi) is 2.32. The van der Waals surface area contributed by atoms with Crippen LogP contribution in [-0.2, 0) is 0 Å². The predicted octanol–water partition coefficient (Wildman–Crippen LogP) is 0.0666. The normalized spacial score (nSPS) is 9.62. The second-order valence-electron chi connectivity index (χ2n) is 2.60. The van der Waals surface area contributed by atoms with Gasteiger partial charge in [-0.1, -0.05) is 0 Å². The summed E-state index contributed by atoms with van der Waals surface area (Å²) >= 11 is 0. The van der Waals surface area contributed by atoms with Gasteiger partial charge in [0.1, 0.15) is 0 Å². The second-order valence-corrected chi connectivity index (χ2v) is 2.60. The highest BCUT2D eigenvalue weighted by Gasteiger charge is 2.07. The van der Waals surface area contributed by atoms with Gasteiger partial charge in [-0.05, 0) is 30.7 Å². The number of rotatable bonds is 2. The van der Waals surface area contributed by atoms with Crippen LogP contribution in [-0.4, -0.2) is 11.8 Å². The summed E-state index contributed by atoms with van der Waals surface area (Å²) in [6, 6.07) is 4.31. The summed E-state index contributed by atoms with van der Waals surface area (Å²) in [5, 5.41) is 0. The van der Waals surface area contributed by atoms with E-state index in [1.54, 1.807) is 0 Å². The molecular weight excluding hydrogens is 168 g/mol. The largest absolute Gasteiger partial charge is 0.366 e. The Morgan fingerprint density at radius 3 is 2.15 bits per heavy atom. The smallest absolute Gasteiger partial charge is 0.248 e. The summed E-state index contributed by atoms with van der Waals surface area (Å²) in [4.78, 5) is 21.5. The fourth-order valence-electron chi connectivity index (χ4n) is 0.987. The molecule has 13 heavy (non-hydrogen) atoms. The molecule has 67 valence electrons. The number of amides is 2. The fourth-order valence-corrected chi connectivity index (χ4v) is 0.987. The van der Waals surface area contributed by atoms with Crippen LogP contribution in [0.15, 0.2) is 18.2 Å². The Balaban J connectivity index is 3.20. The van der Waals surface area contributed by atoms with Crippen LogP contribution < -0.4 is 11.5 Å². The molecule has 0 aliphatic heterocycles. The van der Waals surface area contributed by atoms with Crippen LogP contribution in [0.5, 0.6) is 0 Å². The van der Waals surface area contributed by atoms with Crippen molar-refractivity contribution in [3.05, 3.63) is 41.8 Å². The maximum absolute atomic E-state index is 10.8. The molecule has 0 unspecified atom stereocenters. The minimum atomic E-state index is -0.568. The van der Waals surface area contributed by atoms with Gasteiger partial charge in [0.25, 0.3) is 0 Å². The van der Waals surface area contributed by atoms with Gasteiger partial charge in [-0.2, -0.15) is 0 Å². The molecule has 0 spiro atoms. The summed E-state index contributed by atoms with van der Waals surface area (Å²) in [5.74, 6) is -1.12. The topological polar surface area (TPSA) is 86.2 Å². The average molecular weight is 177 g/mol. The van der Waals surface area contributed by atoms with Crippen molar-refractivity contribution < 1.29 is 9.59 Å². The number of nitrogens with two attached hydrogens (primary N) is 2. The Bertz CT molecular complexity index is 372. The Labute approximate surface area is 75.5 Å². The minimum Gasteiger partial charge on any atom is -0.366 e. The lowest BCUT2D eigenvalue weighted by Crippen LogP contribution is -2.15. The van der Waals surface area contributed by atoms with Crippen molar-refractivity contribution in [1.29, 1.82) is 0 Å². The molecule has 0 heterocycles. The van der Waals surface area contributed by atoms with Gasteiger partial charge in [0, 0.05) is 11.1 Å². The van der Waals surface area contributed by atoms with Crippen molar-refractivity contribution >= 4 is 11.8 Å². The van der Waals surface area contributed by atoms with Crippen molar-refractivity contribution in [1.82, 2.24) is 0 Å². The Morgan fingerprint density at radius 2 is 1.77 bits per heavy atom. The van der Waals surface area contributed by atoms with Crippen molar-refractivity contribution in [3.63, 3.8) is 0 Å². The molecule has 0 fully saturated rings. The van der Waals surface area contributed by atoms with Crippen LogP contribution in [0.2, 0.25) is 0 Å². The molecule has 0 aliphatic rings. The zero-order chi connectivity index (χ0) is 10.0. The third-order valence-electron chi connectivity index (χ3n) is 1.66. The first-order valence-electron chi connectivity index (χ1n) is 3.58. The van der Waals surface area contributed by atoms with Crippen molar-refractivity contribution in [2.24, 2.45) is 11.5 Å². The highest BCUT2D eigenvalue weighted by atomic mass is 16.1. The summed E-state index contributed by atoms with van der Waals surface area (Å²) in [6.45, 7) is 3.58. The molecule has 1 aromatic rings. The summed E-state index contributed by atoms with van der Waals surface area (Å²) in [5.41, 5.74) is 11.1. The maximum atomic E-state index is 10.8. The molecule has 1 rings (SSSR count). The molecule has 0 aliphatic carbocycles. The van der Waals surface area contributed by atoms with E-state index in [0.717, 1.165) is 0 Å². The maximum Gasteiger partial charge on any atom is 0.248 e. The first kappa shape index (κ1) is 9.25. The monoisotopic (exact) mass is 177 g/mol. The highest BCUT2D eigenvalue weighted by Crippen LogP contribution is 2.09. The molecule has 1 radical (unpaired) electrons. The molecule has 0 bridgehead atoms. The van der Waals surface area contributed by atoms with Gasteiger partial charge in [0.15, 0.2) is 0 Å². The number of carbonyl (C=O) groups excluding carboxylic acids is 2. The zero-order valence-corrected chi connectivity index (χ0v) is 6.91. The van der Waals surface area contributed by atoms with Crippen LogP contribution in [0.1, 0.15) is 26.3 Å². The number of benzene rings is 1. The lowest BCUT2D eigenvalue weighted by molar-refractivity contribution is 0.0988.